The lowest BCUT2D eigenvalue weighted by atomic mass is 10.0. The number of hydrogen-bond acceptors (Lipinski definition) is 6. The Morgan fingerprint density at radius 3 is 1.66 bits per heavy atom. The van der Waals surface area contributed by atoms with Crippen molar-refractivity contribution in [3.8, 4) is 0 Å². The molecule has 0 aliphatic carbocycles. The smallest absolute Gasteiger partial charge is 0.314 e. The fourth-order valence-corrected chi connectivity index (χ4v) is 2.46. The van der Waals surface area contributed by atoms with Gasteiger partial charge in [-0.2, -0.15) is 0 Å². The number of unbranched alkanes of at least 4 members (excludes halogenated alkanes) is 10. The molecule has 0 bridgehead atoms. The summed E-state index contributed by atoms with van der Waals surface area (Å²) in [4.78, 5) is 30.7. The summed E-state index contributed by atoms with van der Waals surface area (Å²) >= 11 is 0. The molecule has 0 heterocycles. The molecule has 0 aliphatic heterocycles. The second kappa shape index (κ2) is 23.8. The maximum absolute atomic E-state index is 8.88. The van der Waals surface area contributed by atoms with Gasteiger partial charge in [0, 0.05) is 10.1 Å². The zero-order valence-electron chi connectivity index (χ0n) is 18.2. The second-order valence-corrected chi connectivity index (χ2v) is 8.20. The van der Waals surface area contributed by atoms with Crippen LogP contribution in [0, 0.1) is 5.92 Å². The molecule has 0 saturated heterocycles. The van der Waals surface area contributed by atoms with E-state index in [-0.39, 0.29) is 0 Å². The van der Waals surface area contributed by atoms with E-state index in [4.69, 9.17) is 24.1 Å². The first-order valence-corrected chi connectivity index (χ1v) is 12.0. The molecule has 9 nitrogen and oxygen atoms in total. The normalized spacial score (nSPS) is 11.7. The number of hydrogen-bond donors (Lipinski definition) is 3. The zero-order chi connectivity index (χ0) is 22.2. The molecule has 0 rings (SSSR count). The van der Waals surface area contributed by atoms with Crippen LogP contribution >= 0.6 is 7.82 Å². The van der Waals surface area contributed by atoms with Crippen LogP contribution in [0.15, 0.2) is 12.3 Å². The lowest BCUT2D eigenvalue weighted by molar-refractivity contribution is -0.700. The van der Waals surface area contributed by atoms with Gasteiger partial charge in [0.2, 0.25) is 0 Å². The van der Waals surface area contributed by atoms with Crippen LogP contribution in [0.4, 0.5) is 0 Å². The van der Waals surface area contributed by atoms with Crippen LogP contribution in [-0.4, -0.2) is 21.3 Å². The van der Waals surface area contributed by atoms with Gasteiger partial charge in [0.1, 0.15) is 6.26 Å². The minimum absolute atomic E-state index is 0.489. The molecule has 176 valence electrons. The Morgan fingerprint density at radius 2 is 1.21 bits per heavy atom. The molecule has 0 aliphatic rings. The van der Waals surface area contributed by atoms with E-state index in [2.05, 4.69) is 33.8 Å². The largest absolute Gasteiger partial charge is 0.466 e. The summed E-state index contributed by atoms with van der Waals surface area (Å²) in [6, 6.07) is 0. The second-order valence-electron chi connectivity index (χ2n) is 7.18. The summed E-state index contributed by atoms with van der Waals surface area (Å²) < 4.78 is 8.88. The van der Waals surface area contributed by atoms with Crippen LogP contribution in [0.5, 0.6) is 0 Å². The standard InChI is InChI=1S/C19H38O5.H3O4P/c1-4-17-20-22-24-23-21-18-15-13-11-9-7-5-6-8-10-12-14-16-19(2)3;1-5(2,3)4/h4,17,19H,5-16,18H2,1-3H3;(H3,1,2,3,4). The van der Waals surface area contributed by atoms with E-state index in [0.717, 1.165) is 18.8 Å². The molecule has 0 aromatic carbocycles. The van der Waals surface area contributed by atoms with Crippen molar-refractivity contribution in [1.29, 1.82) is 0 Å². The van der Waals surface area contributed by atoms with Crippen molar-refractivity contribution in [2.45, 2.75) is 97.8 Å². The summed E-state index contributed by atoms with van der Waals surface area (Å²) in [6.07, 6.45) is 18.8. The molecule has 0 fully saturated rings. The summed E-state index contributed by atoms with van der Waals surface area (Å²) in [5.74, 6) is 0.861. The third-order valence-corrected chi connectivity index (χ3v) is 3.84. The Balaban J connectivity index is 0. The fraction of sp³-hybridized carbons (Fsp3) is 0.895. The van der Waals surface area contributed by atoms with E-state index in [9.17, 15) is 0 Å². The summed E-state index contributed by atoms with van der Waals surface area (Å²) in [5.41, 5.74) is 0. The van der Waals surface area contributed by atoms with Crippen molar-refractivity contribution >= 4 is 7.82 Å². The molecule has 0 radical (unpaired) electrons. The Kier molecular flexibility index (Phi) is 25.1. The average molecular weight is 445 g/mol. The topological polar surface area (TPSA) is 124 Å². The predicted molar refractivity (Wildman–Crippen MR) is 110 cm³/mol. The van der Waals surface area contributed by atoms with Gasteiger partial charge in [-0.1, -0.05) is 84.5 Å². The Hall–Kier alpha value is -0.510. The Morgan fingerprint density at radius 1 is 0.759 bits per heavy atom. The van der Waals surface area contributed by atoms with Crippen molar-refractivity contribution in [2.24, 2.45) is 5.92 Å². The highest BCUT2D eigenvalue weighted by molar-refractivity contribution is 7.45. The van der Waals surface area contributed by atoms with Gasteiger partial charge >= 0.3 is 7.82 Å². The van der Waals surface area contributed by atoms with E-state index in [1.807, 2.05) is 0 Å². The molecule has 10 heteroatoms. The van der Waals surface area contributed by atoms with Crippen LogP contribution in [0.25, 0.3) is 0 Å². The van der Waals surface area contributed by atoms with Gasteiger partial charge in [-0.25, -0.2) is 9.45 Å². The molecular formula is C19H41O9P. The number of phosphoric acid groups is 1. The average Bonchev–Trinajstić information content (AvgIpc) is 2.62. The van der Waals surface area contributed by atoms with Crippen LogP contribution in [-0.2, 0) is 29.5 Å². The lowest BCUT2D eigenvalue weighted by Gasteiger charge is -2.05. The van der Waals surface area contributed by atoms with E-state index in [1.165, 1.54) is 70.5 Å². The minimum atomic E-state index is -4.64. The van der Waals surface area contributed by atoms with Gasteiger partial charge < -0.3 is 19.6 Å². The number of allylic oxidation sites excluding steroid dienone is 1. The van der Waals surface area contributed by atoms with Crippen LogP contribution < -0.4 is 0 Å². The molecule has 0 atom stereocenters. The number of rotatable bonds is 19. The van der Waals surface area contributed by atoms with E-state index >= 15 is 0 Å². The van der Waals surface area contributed by atoms with Gasteiger partial charge in [-0.15, -0.1) is 0 Å². The van der Waals surface area contributed by atoms with Gasteiger partial charge in [0.15, 0.2) is 0 Å². The Bertz CT molecular complexity index is 378. The highest BCUT2D eigenvalue weighted by atomic mass is 31.2. The van der Waals surface area contributed by atoms with Crippen molar-refractivity contribution in [1.82, 2.24) is 0 Å². The maximum atomic E-state index is 8.88. The van der Waals surface area contributed by atoms with E-state index in [1.54, 1.807) is 13.0 Å². The van der Waals surface area contributed by atoms with Gasteiger partial charge in [-0.05, 0) is 30.4 Å². The molecule has 0 unspecified atom stereocenters. The van der Waals surface area contributed by atoms with Crippen molar-refractivity contribution in [3.63, 3.8) is 0 Å². The highest BCUT2D eigenvalue weighted by Crippen LogP contribution is 2.25. The fourth-order valence-electron chi connectivity index (χ4n) is 2.46. The van der Waals surface area contributed by atoms with Crippen molar-refractivity contribution < 1.29 is 44.1 Å². The maximum Gasteiger partial charge on any atom is 0.466 e. The molecular weight excluding hydrogens is 403 g/mol. The molecule has 0 spiro atoms. The van der Waals surface area contributed by atoms with Gasteiger partial charge in [0.25, 0.3) is 0 Å². The summed E-state index contributed by atoms with van der Waals surface area (Å²) in [7, 11) is -4.64. The molecule has 0 amide bonds. The predicted octanol–water partition coefficient (Wildman–Crippen LogP) is 5.67. The van der Waals surface area contributed by atoms with E-state index < -0.39 is 7.82 Å². The first kappa shape index (κ1) is 30.7. The highest BCUT2D eigenvalue weighted by Gasteiger charge is 2.00. The molecule has 0 aromatic rings. The first-order chi connectivity index (χ1) is 13.8. The third-order valence-electron chi connectivity index (χ3n) is 3.84. The van der Waals surface area contributed by atoms with Gasteiger partial charge in [0.05, 0.1) is 6.61 Å². The zero-order valence-corrected chi connectivity index (χ0v) is 19.1. The monoisotopic (exact) mass is 444 g/mol. The third kappa shape index (κ3) is 42.5. The van der Waals surface area contributed by atoms with Crippen molar-refractivity contribution in [3.05, 3.63) is 12.3 Å². The Labute approximate surface area is 175 Å². The van der Waals surface area contributed by atoms with Crippen LogP contribution in [0.1, 0.15) is 97.8 Å². The van der Waals surface area contributed by atoms with Crippen LogP contribution in [0.2, 0.25) is 0 Å². The summed E-state index contributed by atoms with van der Waals surface area (Å²) in [6.45, 7) is 6.89. The molecule has 0 saturated carbocycles. The van der Waals surface area contributed by atoms with Gasteiger partial charge in [-0.3, -0.25) is 0 Å². The molecule has 0 aromatic heterocycles. The molecule has 3 N–H and O–H groups in total. The quantitative estimate of drug-likeness (QED) is 0.0759. The van der Waals surface area contributed by atoms with Crippen LogP contribution in [0.3, 0.4) is 0 Å². The molecule has 29 heavy (non-hydrogen) atoms. The lowest BCUT2D eigenvalue weighted by Crippen LogP contribution is -1.99. The minimum Gasteiger partial charge on any atom is -0.314 e. The van der Waals surface area contributed by atoms with E-state index in [0.29, 0.717) is 6.61 Å². The summed E-state index contributed by atoms with van der Waals surface area (Å²) in [5, 5.41) is 12.6. The first-order valence-electron chi connectivity index (χ1n) is 10.4. The van der Waals surface area contributed by atoms with Crippen molar-refractivity contribution in [2.75, 3.05) is 6.61 Å². The SMILES string of the molecule is CC=COOOOOCCCCCCCCCCCCCC(C)C.O=P(O)(O)O.